The summed E-state index contributed by atoms with van der Waals surface area (Å²) in [4.78, 5) is 11.7. The van der Waals surface area contributed by atoms with Crippen LogP contribution in [0.5, 0.6) is 0 Å². The predicted octanol–water partition coefficient (Wildman–Crippen LogP) is 4.88. The van der Waals surface area contributed by atoms with Crippen molar-refractivity contribution in [3.63, 3.8) is 0 Å². The molecule has 3 unspecified atom stereocenters. The summed E-state index contributed by atoms with van der Waals surface area (Å²) in [6.45, 7) is 2.89. The first kappa shape index (κ1) is 15.6. The Morgan fingerprint density at radius 1 is 1.05 bits per heavy atom. The number of ether oxygens (including phenoxy) is 1. The average Bonchev–Trinajstić information content (AvgIpc) is 3.06. The van der Waals surface area contributed by atoms with Gasteiger partial charge in [0.05, 0.1) is 6.61 Å². The third-order valence-corrected chi connectivity index (χ3v) is 4.86. The molecule has 2 aliphatic carbocycles. The monoisotopic (exact) mass is 278 g/mol. The van der Waals surface area contributed by atoms with E-state index in [1.165, 1.54) is 51.4 Å². The quantitative estimate of drug-likeness (QED) is 0.323. The first-order chi connectivity index (χ1) is 9.79. The molecule has 0 radical (unpaired) electrons. The molecule has 2 heteroatoms. The van der Waals surface area contributed by atoms with Crippen molar-refractivity contribution < 1.29 is 9.53 Å². The minimum absolute atomic E-state index is 0.0188. The van der Waals surface area contributed by atoms with Gasteiger partial charge in [0.2, 0.25) is 0 Å². The molecular formula is C18H30O2. The van der Waals surface area contributed by atoms with Crippen LogP contribution in [0.1, 0.15) is 71.1 Å². The largest absolute Gasteiger partial charge is 0.465 e. The molecular weight excluding hydrogens is 248 g/mol. The Bertz CT molecular complexity index is 321. The van der Waals surface area contributed by atoms with E-state index < -0.39 is 0 Å². The number of carbonyl (C=O) groups excluding carboxylic acids is 1. The van der Waals surface area contributed by atoms with Crippen LogP contribution in [-0.4, -0.2) is 12.6 Å². The molecule has 20 heavy (non-hydrogen) atoms. The van der Waals surface area contributed by atoms with Gasteiger partial charge in [-0.2, -0.15) is 0 Å². The zero-order valence-corrected chi connectivity index (χ0v) is 13.0. The number of fused-ring (bicyclic) bond motifs is 2. The zero-order chi connectivity index (χ0) is 14.2. The topological polar surface area (TPSA) is 26.3 Å². The van der Waals surface area contributed by atoms with Crippen molar-refractivity contribution in [3.8, 4) is 0 Å². The highest BCUT2D eigenvalue weighted by atomic mass is 16.5. The van der Waals surface area contributed by atoms with Crippen LogP contribution in [-0.2, 0) is 9.53 Å². The Morgan fingerprint density at radius 2 is 1.80 bits per heavy atom. The maximum Gasteiger partial charge on any atom is 0.305 e. The summed E-state index contributed by atoms with van der Waals surface area (Å²) in [6.07, 6.45) is 16.5. The van der Waals surface area contributed by atoms with Gasteiger partial charge in [0, 0.05) is 6.42 Å². The normalized spacial score (nSPS) is 27.1. The fourth-order valence-corrected chi connectivity index (χ4v) is 3.58. The van der Waals surface area contributed by atoms with Crippen molar-refractivity contribution in [2.24, 2.45) is 17.8 Å². The molecule has 0 aromatic rings. The van der Waals surface area contributed by atoms with E-state index in [0.29, 0.717) is 24.9 Å². The fourth-order valence-electron chi connectivity index (χ4n) is 3.58. The third kappa shape index (κ3) is 4.96. The fraction of sp³-hybridized carbons (Fsp3) is 0.833. The minimum atomic E-state index is 0.0188. The Morgan fingerprint density at radius 3 is 2.45 bits per heavy atom. The van der Waals surface area contributed by atoms with E-state index in [-0.39, 0.29) is 5.97 Å². The van der Waals surface area contributed by atoms with Gasteiger partial charge in [-0.1, -0.05) is 57.6 Å². The molecule has 114 valence electrons. The highest BCUT2D eigenvalue weighted by molar-refractivity contribution is 5.69. The first-order valence-corrected chi connectivity index (χ1v) is 8.63. The lowest BCUT2D eigenvalue weighted by Crippen LogP contribution is -2.17. The second-order valence-electron chi connectivity index (χ2n) is 6.59. The Hall–Kier alpha value is -0.790. The molecule has 2 rings (SSSR count). The molecule has 0 aliphatic heterocycles. The van der Waals surface area contributed by atoms with Crippen LogP contribution in [0.2, 0.25) is 0 Å². The lowest BCUT2D eigenvalue weighted by atomic mass is 9.95. The van der Waals surface area contributed by atoms with Gasteiger partial charge in [0.15, 0.2) is 0 Å². The van der Waals surface area contributed by atoms with Gasteiger partial charge in [-0.15, -0.1) is 0 Å². The summed E-state index contributed by atoms with van der Waals surface area (Å²) in [6, 6.07) is 0. The Balaban J connectivity index is 1.44. The zero-order valence-electron chi connectivity index (χ0n) is 13.0. The standard InChI is InChI=1S/C18H30O2/c1-2-3-4-5-6-7-8-9-18(19)20-14-17-13-15-10-11-16(17)12-15/h10-11,15-17H,2-9,12-14H2,1H3. The lowest BCUT2D eigenvalue weighted by molar-refractivity contribution is -0.145. The van der Waals surface area contributed by atoms with Crippen molar-refractivity contribution in [2.75, 3.05) is 6.61 Å². The van der Waals surface area contributed by atoms with E-state index in [9.17, 15) is 4.79 Å². The number of hydrogen-bond acceptors (Lipinski definition) is 2. The number of rotatable bonds is 10. The number of unbranched alkanes of at least 4 members (excludes halogenated alkanes) is 6. The van der Waals surface area contributed by atoms with E-state index >= 15 is 0 Å². The van der Waals surface area contributed by atoms with E-state index in [4.69, 9.17) is 4.74 Å². The maximum absolute atomic E-state index is 11.7. The van der Waals surface area contributed by atoms with Crippen molar-refractivity contribution in [2.45, 2.75) is 71.1 Å². The van der Waals surface area contributed by atoms with Gasteiger partial charge in [-0.3, -0.25) is 4.79 Å². The van der Waals surface area contributed by atoms with Gasteiger partial charge in [0.1, 0.15) is 0 Å². The lowest BCUT2D eigenvalue weighted by Gasteiger charge is -2.17. The molecule has 0 amide bonds. The van der Waals surface area contributed by atoms with Crippen molar-refractivity contribution in [1.29, 1.82) is 0 Å². The van der Waals surface area contributed by atoms with Crippen LogP contribution in [0, 0.1) is 17.8 Å². The molecule has 0 saturated heterocycles. The van der Waals surface area contributed by atoms with Crippen molar-refractivity contribution >= 4 is 5.97 Å². The predicted molar refractivity (Wildman–Crippen MR) is 82.4 cm³/mol. The SMILES string of the molecule is CCCCCCCCCC(=O)OCC1CC2C=CC1C2. The van der Waals surface area contributed by atoms with Crippen molar-refractivity contribution in [1.82, 2.24) is 0 Å². The van der Waals surface area contributed by atoms with Crippen LogP contribution >= 0.6 is 0 Å². The highest BCUT2D eigenvalue weighted by Gasteiger charge is 2.36. The van der Waals surface area contributed by atoms with Crippen LogP contribution in [0.25, 0.3) is 0 Å². The van der Waals surface area contributed by atoms with Crippen LogP contribution in [0.15, 0.2) is 12.2 Å². The van der Waals surface area contributed by atoms with Gasteiger partial charge in [-0.05, 0) is 37.0 Å². The van der Waals surface area contributed by atoms with Gasteiger partial charge in [-0.25, -0.2) is 0 Å². The molecule has 0 aromatic heterocycles. The molecule has 0 spiro atoms. The van der Waals surface area contributed by atoms with Gasteiger partial charge >= 0.3 is 5.97 Å². The molecule has 1 saturated carbocycles. The highest BCUT2D eigenvalue weighted by Crippen LogP contribution is 2.43. The molecule has 3 atom stereocenters. The first-order valence-electron chi connectivity index (χ1n) is 8.63. The summed E-state index contributed by atoms with van der Waals surface area (Å²) in [5.41, 5.74) is 0. The number of allylic oxidation sites excluding steroid dienone is 2. The van der Waals surface area contributed by atoms with Gasteiger partial charge in [0.25, 0.3) is 0 Å². The minimum Gasteiger partial charge on any atom is -0.465 e. The average molecular weight is 278 g/mol. The van der Waals surface area contributed by atoms with Crippen LogP contribution in [0.4, 0.5) is 0 Å². The Kier molecular flexibility index (Phi) is 6.62. The van der Waals surface area contributed by atoms with Crippen LogP contribution < -0.4 is 0 Å². The number of hydrogen-bond donors (Lipinski definition) is 0. The number of carbonyl (C=O) groups is 1. The summed E-state index contributed by atoms with van der Waals surface area (Å²) >= 11 is 0. The second kappa shape index (κ2) is 8.49. The third-order valence-electron chi connectivity index (χ3n) is 4.86. The van der Waals surface area contributed by atoms with E-state index in [1.54, 1.807) is 0 Å². The van der Waals surface area contributed by atoms with E-state index in [1.807, 2.05) is 0 Å². The van der Waals surface area contributed by atoms with Gasteiger partial charge < -0.3 is 4.74 Å². The molecule has 0 aromatic carbocycles. The maximum atomic E-state index is 11.7. The molecule has 0 N–H and O–H groups in total. The second-order valence-corrected chi connectivity index (χ2v) is 6.59. The smallest absolute Gasteiger partial charge is 0.305 e. The molecule has 2 aliphatic rings. The summed E-state index contributed by atoms with van der Waals surface area (Å²) in [7, 11) is 0. The Labute approximate surface area is 124 Å². The molecule has 2 bridgehead atoms. The van der Waals surface area contributed by atoms with Crippen molar-refractivity contribution in [3.05, 3.63) is 12.2 Å². The summed E-state index contributed by atoms with van der Waals surface area (Å²) in [5.74, 6) is 2.08. The van der Waals surface area contributed by atoms with E-state index in [2.05, 4.69) is 19.1 Å². The van der Waals surface area contributed by atoms with E-state index in [0.717, 1.165) is 12.3 Å². The molecule has 1 fully saturated rings. The van der Waals surface area contributed by atoms with Crippen LogP contribution in [0.3, 0.4) is 0 Å². The summed E-state index contributed by atoms with van der Waals surface area (Å²) in [5, 5.41) is 0. The molecule has 0 heterocycles. The number of esters is 1. The summed E-state index contributed by atoms with van der Waals surface area (Å²) < 4.78 is 5.45. The molecule has 2 nitrogen and oxygen atoms in total.